The fraction of sp³-hybridized carbons (Fsp3) is 0.917. The predicted molar refractivity (Wildman–Crippen MR) is 69.8 cm³/mol. The fourth-order valence-electron chi connectivity index (χ4n) is 2.03. The summed E-state index contributed by atoms with van der Waals surface area (Å²) in [7, 11) is -3.45. The molecule has 18 heavy (non-hydrogen) atoms. The maximum atomic E-state index is 12.2. The second-order valence-corrected chi connectivity index (χ2v) is 8.07. The Balaban J connectivity index is 2.91. The normalized spacial score (nSPS) is 19.1. The third-order valence-electron chi connectivity index (χ3n) is 4.24. The Morgan fingerprint density at radius 2 is 1.61 bits per heavy atom. The van der Waals surface area contributed by atoms with Crippen molar-refractivity contribution in [2.45, 2.75) is 64.2 Å². The van der Waals surface area contributed by atoms with Gasteiger partial charge in [0.1, 0.15) is 0 Å². The summed E-state index contributed by atoms with van der Waals surface area (Å²) in [6, 6.07) is 0. The topological polar surface area (TPSA) is 83.5 Å². The third kappa shape index (κ3) is 2.85. The molecule has 0 aliphatic heterocycles. The van der Waals surface area contributed by atoms with Gasteiger partial charge in [-0.3, -0.25) is 4.79 Å². The van der Waals surface area contributed by atoms with E-state index >= 15 is 0 Å². The summed E-state index contributed by atoms with van der Waals surface area (Å²) in [5, 5.41) is 8.83. The molecular weight excluding hydrogens is 254 g/mol. The highest BCUT2D eigenvalue weighted by Gasteiger charge is 2.47. The van der Waals surface area contributed by atoms with Crippen molar-refractivity contribution in [3.63, 3.8) is 0 Å². The Kier molecular flexibility index (Phi) is 4.13. The molecule has 0 unspecified atom stereocenters. The number of carboxylic acid groups (broad SMARTS) is 1. The number of sulfonamides is 1. The van der Waals surface area contributed by atoms with Crippen molar-refractivity contribution in [2.24, 2.45) is 5.41 Å². The maximum Gasteiger partial charge on any atom is 0.310 e. The highest BCUT2D eigenvalue weighted by molar-refractivity contribution is 7.90. The van der Waals surface area contributed by atoms with Gasteiger partial charge in [-0.05, 0) is 40.5 Å². The molecule has 0 bridgehead atoms. The van der Waals surface area contributed by atoms with E-state index in [-0.39, 0.29) is 5.25 Å². The van der Waals surface area contributed by atoms with Crippen molar-refractivity contribution in [1.82, 2.24) is 4.72 Å². The molecule has 1 rings (SSSR count). The van der Waals surface area contributed by atoms with Crippen molar-refractivity contribution in [3.8, 4) is 0 Å². The number of carboxylic acids is 1. The quantitative estimate of drug-likeness (QED) is 0.801. The first-order chi connectivity index (χ1) is 8.01. The van der Waals surface area contributed by atoms with E-state index in [0.29, 0.717) is 12.8 Å². The average Bonchev–Trinajstić information content (AvgIpc) is 2.68. The molecule has 0 saturated heterocycles. The zero-order valence-electron chi connectivity index (χ0n) is 11.5. The molecule has 0 atom stereocenters. The average molecular weight is 277 g/mol. The van der Waals surface area contributed by atoms with Crippen LogP contribution in [-0.2, 0) is 14.8 Å². The monoisotopic (exact) mass is 277 g/mol. The molecule has 2 N–H and O–H groups in total. The van der Waals surface area contributed by atoms with Crippen LogP contribution < -0.4 is 4.72 Å². The van der Waals surface area contributed by atoms with E-state index in [4.69, 9.17) is 0 Å². The summed E-state index contributed by atoms with van der Waals surface area (Å²) in [6.45, 7) is 6.31. The van der Waals surface area contributed by atoms with Crippen molar-refractivity contribution >= 4 is 16.0 Å². The van der Waals surface area contributed by atoms with Gasteiger partial charge in [-0.2, -0.15) is 0 Å². The number of nitrogens with one attached hydrogen (secondary N) is 1. The first-order valence-electron chi connectivity index (χ1n) is 6.27. The molecule has 0 aromatic carbocycles. The Morgan fingerprint density at radius 1 is 1.17 bits per heavy atom. The van der Waals surface area contributed by atoms with Crippen LogP contribution in [0.5, 0.6) is 0 Å². The standard InChI is InChI=1S/C12H23NO4S/c1-11(2,10(14)15)12(3,4)13-18(16,17)9-7-5-6-8-9/h9,13H,5-8H2,1-4H3,(H,14,15). The SMILES string of the molecule is CC(C)(NS(=O)(=O)C1CCCC1)C(C)(C)C(=O)O. The third-order valence-corrected chi connectivity index (χ3v) is 6.38. The summed E-state index contributed by atoms with van der Waals surface area (Å²) < 4.78 is 27.0. The number of carbonyl (C=O) groups is 1. The minimum atomic E-state index is -3.45. The van der Waals surface area contributed by atoms with Crippen LogP contribution in [0.2, 0.25) is 0 Å². The number of hydrogen-bond donors (Lipinski definition) is 2. The van der Waals surface area contributed by atoms with Gasteiger partial charge >= 0.3 is 5.97 Å². The highest BCUT2D eigenvalue weighted by atomic mass is 32.2. The van der Waals surface area contributed by atoms with Crippen LogP contribution in [0.3, 0.4) is 0 Å². The molecule has 1 aliphatic carbocycles. The molecule has 106 valence electrons. The van der Waals surface area contributed by atoms with Gasteiger partial charge in [-0.1, -0.05) is 12.8 Å². The summed E-state index contributed by atoms with van der Waals surface area (Å²) in [6.07, 6.45) is 3.18. The molecule has 0 heterocycles. The second kappa shape index (κ2) is 4.81. The minimum absolute atomic E-state index is 0.374. The summed E-state index contributed by atoms with van der Waals surface area (Å²) in [5.41, 5.74) is -2.20. The van der Waals surface area contributed by atoms with Crippen LogP contribution in [0.15, 0.2) is 0 Å². The van der Waals surface area contributed by atoms with E-state index in [1.54, 1.807) is 13.8 Å². The molecule has 5 nitrogen and oxygen atoms in total. The van der Waals surface area contributed by atoms with E-state index < -0.39 is 26.9 Å². The van der Waals surface area contributed by atoms with E-state index in [1.807, 2.05) is 0 Å². The van der Waals surface area contributed by atoms with Crippen LogP contribution in [0.25, 0.3) is 0 Å². The largest absolute Gasteiger partial charge is 0.481 e. The molecule has 6 heteroatoms. The summed E-state index contributed by atoms with van der Waals surface area (Å²) in [5.74, 6) is -1.01. The second-order valence-electron chi connectivity index (χ2n) is 6.11. The molecule has 0 aromatic rings. The zero-order chi connectivity index (χ0) is 14.2. The van der Waals surface area contributed by atoms with E-state index in [9.17, 15) is 18.3 Å². The fourth-order valence-corrected chi connectivity index (χ4v) is 4.12. The van der Waals surface area contributed by atoms with Gasteiger partial charge in [0, 0.05) is 5.54 Å². The highest BCUT2D eigenvalue weighted by Crippen LogP contribution is 2.33. The smallest absolute Gasteiger partial charge is 0.310 e. The summed E-state index contributed by atoms with van der Waals surface area (Å²) in [4.78, 5) is 11.2. The first-order valence-corrected chi connectivity index (χ1v) is 7.81. The molecular formula is C12H23NO4S. The van der Waals surface area contributed by atoms with Gasteiger partial charge < -0.3 is 5.11 Å². The lowest BCUT2D eigenvalue weighted by molar-refractivity contribution is -0.150. The van der Waals surface area contributed by atoms with Gasteiger partial charge in [0.2, 0.25) is 10.0 Å². The Hall–Kier alpha value is -0.620. The van der Waals surface area contributed by atoms with Gasteiger partial charge in [0.05, 0.1) is 10.7 Å². The first kappa shape index (κ1) is 15.4. The Morgan fingerprint density at radius 3 is 2.00 bits per heavy atom. The van der Waals surface area contributed by atoms with Crippen LogP contribution in [0.4, 0.5) is 0 Å². The van der Waals surface area contributed by atoms with E-state index in [0.717, 1.165) is 12.8 Å². The van der Waals surface area contributed by atoms with Crippen molar-refractivity contribution in [1.29, 1.82) is 0 Å². The lowest BCUT2D eigenvalue weighted by Gasteiger charge is -2.39. The molecule has 1 aliphatic rings. The van der Waals surface area contributed by atoms with Crippen molar-refractivity contribution in [2.75, 3.05) is 0 Å². The van der Waals surface area contributed by atoms with Gasteiger partial charge in [0.15, 0.2) is 0 Å². The Labute approximate surface area is 109 Å². The zero-order valence-corrected chi connectivity index (χ0v) is 12.3. The molecule has 0 radical (unpaired) electrons. The van der Waals surface area contributed by atoms with Gasteiger partial charge in [-0.15, -0.1) is 0 Å². The lowest BCUT2D eigenvalue weighted by Crippen LogP contribution is -2.58. The van der Waals surface area contributed by atoms with Crippen molar-refractivity contribution < 1.29 is 18.3 Å². The minimum Gasteiger partial charge on any atom is -0.481 e. The van der Waals surface area contributed by atoms with E-state index in [1.165, 1.54) is 13.8 Å². The number of rotatable bonds is 5. The van der Waals surface area contributed by atoms with Gasteiger partial charge in [-0.25, -0.2) is 13.1 Å². The van der Waals surface area contributed by atoms with Crippen molar-refractivity contribution in [3.05, 3.63) is 0 Å². The van der Waals surface area contributed by atoms with Crippen LogP contribution >= 0.6 is 0 Å². The number of hydrogen-bond acceptors (Lipinski definition) is 3. The molecule has 0 aromatic heterocycles. The number of aliphatic carboxylic acids is 1. The predicted octanol–water partition coefficient (Wildman–Crippen LogP) is 1.74. The van der Waals surface area contributed by atoms with Gasteiger partial charge in [0.25, 0.3) is 0 Å². The summed E-state index contributed by atoms with van der Waals surface area (Å²) >= 11 is 0. The molecule has 0 amide bonds. The molecule has 1 fully saturated rings. The van der Waals surface area contributed by atoms with E-state index in [2.05, 4.69) is 4.72 Å². The maximum absolute atomic E-state index is 12.2. The van der Waals surface area contributed by atoms with Crippen LogP contribution in [-0.4, -0.2) is 30.3 Å². The lowest BCUT2D eigenvalue weighted by atomic mass is 9.75. The molecule has 1 saturated carbocycles. The molecule has 0 spiro atoms. The van der Waals surface area contributed by atoms with Crippen LogP contribution in [0.1, 0.15) is 53.4 Å². The van der Waals surface area contributed by atoms with Crippen LogP contribution in [0, 0.1) is 5.41 Å². The Bertz CT molecular complexity index is 419.